The molecule has 0 saturated carbocycles. The molecular formula is C10H15N3O2. The van der Waals surface area contributed by atoms with Crippen molar-refractivity contribution in [2.45, 2.75) is 25.5 Å². The van der Waals surface area contributed by atoms with Gasteiger partial charge in [0.15, 0.2) is 5.82 Å². The van der Waals surface area contributed by atoms with E-state index >= 15 is 0 Å². The molecule has 2 atom stereocenters. The zero-order valence-electron chi connectivity index (χ0n) is 8.93. The number of ether oxygens (including phenoxy) is 1. The van der Waals surface area contributed by atoms with Crippen LogP contribution in [0.25, 0.3) is 0 Å². The lowest BCUT2D eigenvalue weighted by Crippen LogP contribution is -2.32. The summed E-state index contributed by atoms with van der Waals surface area (Å²) in [5.74, 6) is 0.405. The van der Waals surface area contributed by atoms with Gasteiger partial charge >= 0.3 is 0 Å². The molecular weight excluding hydrogens is 194 g/mol. The Morgan fingerprint density at radius 1 is 1.67 bits per heavy atom. The second-order valence-corrected chi connectivity index (χ2v) is 3.81. The van der Waals surface area contributed by atoms with Crippen molar-refractivity contribution in [3.63, 3.8) is 0 Å². The second-order valence-electron chi connectivity index (χ2n) is 3.81. The zero-order chi connectivity index (χ0) is 10.8. The molecule has 0 radical (unpaired) electrons. The molecule has 0 bridgehead atoms. The third-order valence-corrected chi connectivity index (χ3v) is 2.72. The van der Waals surface area contributed by atoms with Crippen molar-refractivity contribution in [2.75, 3.05) is 11.9 Å². The van der Waals surface area contributed by atoms with Gasteiger partial charge < -0.3 is 14.6 Å². The van der Waals surface area contributed by atoms with E-state index in [1.165, 1.54) is 4.57 Å². The molecule has 1 aliphatic heterocycles. The Balaban J connectivity index is 2.17. The van der Waals surface area contributed by atoms with Crippen molar-refractivity contribution in [1.82, 2.24) is 9.55 Å². The van der Waals surface area contributed by atoms with Crippen molar-refractivity contribution < 1.29 is 4.74 Å². The molecule has 0 spiro atoms. The van der Waals surface area contributed by atoms with E-state index < -0.39 is 0 Å². The van der Waals surface area contributed by atoms with Gasteiger partial charge in [-0.2, -0.15) is 0 Å². The average Bonchev–Trinajstić information content (AvgIpc) is 2.60. The summed E-state index contributed by atoms with van der Waals surface area (Å²) < 4.78 is 6.92. The minimum Gasteiger partial charge on any atom is -0.376 e. The molecule has 2 rings (SSSR count). The SMILES string of the molecule is CC1OCCC1Nc1nccn(C)c1=O. The molecule has 1 saturated heterocycles. The standard InChI is InChI=1S/C10H15N3O2/c1-7-8(3-6-15-7)12-9-10(14)13(2)5-4-11-9/h4-5,7-8H,3,6H2,1-2H3,(H,11,12). The maximum Gasteiger partial charge on any atom is 0.293 e. The number of nitrogens with one attached hydrogen (secondary N) is 1. The second kappa shape index (κ2) is 4.02. The summed E-state index contributed by atoms with van der Waals surface area (Å²) in [6.45, 7) is 2.74. The summed E-state index contributed by atoms with van der Waals surface area (Å²) in [4.78, 5) is 15.7. The number of aromatic nitrogens is 2. The van der Waals surface area contributed by atoms with Crippen molar-refractivity contribution in [3.8, 4) is 0 Å². The first kappa shape index (κ1) is 10.2. The Kier molecular flexibility index (Phi) is 2.73. The van der Waals surface area contributed by atoms with Crippen LogP contribution in [-0.4, -0.2) is 28.3 Å². The minimum atomic E-state index is -0.100. The first-order chi connectivity index (χ1) is 7.18. The number of hydrogen-bond donors (Lipinski definition) is 1. The molecule has 1 aromatic heterocycles. The van der Waals surface area contributed by atoms with Crippen LogP contribution in [0.3, 0.4) is 0 Å². The normalized spacial score (nSPS) is 25.5. The molecule has 5 nitrogen and oxygen atoms in total. The van der Waals surface area contributed by atoms with E-state index in [1.807, 2.05) is 6.92 Å². The van der Waals surface area contributed by atoms with Crippen LogP contribution < -0.4 is 10.9 Å². The van der Waals surface area contributed by atoms with Gasteiger partial charge in [-0.1, -0.05) is 0 Å². The number of anilines is 1. The van der Waals surface area contributed by atoms with Crippen molar-refractivity contribution in [3.05, 3.63) is 22.7 Å². The summed E-state index contributed by atoms with van der Waals surface area (Å²) in [6.07, 6.45) is 4.31. The molecule has 1 N–H and O–H groups in total. The molecule has 2 unspecified atom stereocenters. The zero-order valence-corrected chi connectivity index (χ0v) is 8.93. The summed E-state index contributed by atoms with van der Waals surface area (Å²) >= 11 is 0. The smallest absolute Gasteiger partial charge is 0.293 e. The molecule has 0 amide bonds. The van der Waals surface area contributed by atoms with E-state index in [0.717, 1.165) is 13.0 Å². The van der Waals surface area contributed by atoms with E-state index in [9.17, 15) is 4.79 Å². The van der Waals surface area contributed by atoms with E-state index in [4.69, 9.17) is 4.74 Å². The monoisotopic (exact) mass is 209 g/mol. The van der Waals surface area contributed by atoms with Crippen molar-refractivity contribution >= 4 is 5.82 Å². The lowest BCUT2D eigenvalue weighted by atomic mass is 10.1. The van der Waals surface area contributed by atoms with E-state index in [-0.39, 0.29) is 17.7 Å². The highest BCUT2D eigenvalue weighted by Crippen LogP contribution is 2.15. The Bertz CT molecular complexity index is 402. The first-order valence-electron chi connectivity index (χ1n) is 5.08. The van der Waals surface area contributed by atoms with E-state index in [0.29, 0.717) is 5.82 Å². The number of aryl methyl sites for hydroxylation is 1. The Morgan fingerprint density at radius 2 is 2.47 bits per heavy atom. The number of nitrogens with zero attached hydrogens (tertiary/aromatic N) is 2. The molecule has 2 heterocycles. The van der Waals surface area contributed by atoms with Crippen molar-refractivity contribution in [2.24, 2.45) is 7.05 Å². The summed E-state index contributed by atoms with van der Waals surface area (Å²) in [6, 6.07) is 0.188. The van der Waals surface area contributed by atoms with Gasteiger partial charge in [0, 0.05) is 26.0 Å². The molecule has 1 fully saturated rings. The van der Waals surface area contributed by atoms with Gasteiger partial charge in [0.1, 0.15) is 0 Å². The maximum absolute atomic E-state index is 11.7. The number of rotatable bonds is 2. The molecule has 0 aliphatic carbocycles. The quantitative estimate of drug-likeness (QED) is 0.764. The first-order valence-corrected chi connectivity index (χ1v) is 5.08. The largest absolute Gasteiger partial charge is 0.376 e. The summed E-state index contributed by atoms with van der Waals surface area (Å²) in [7, 11) is 1.71. The van der Waals surface area contributed by atoms with Gasteiger partial charge in [-0.15, -0.1) is 0 Å². The molecule has 15 heavy (non-hydrogen) atoms. The summed E-state index contributed by atoms with van der Waals surface area (Å²) in [5, 5.41) is 3.13. The molecule has 82 valence electrons. The third kappa shape index (κ3) is 2.02. The van der Waals surface area contributed by atoms with E-state index in [2.05, 4.69) is 10.3 Å². The third-order valence-electron chi connectivity index (χ3n) is 2.72. The fourth-order valence-electron chi connectivity index (χ4n) is 1.69. The molecule has 0 aromatic carbocycles. The van der Waals surface area contributed by atoms with E-state index in [1.54, 1.807) is 19.4 Å². The lowest BCUT2D eigenvalue weighted by Gasteiger charge is -2.16. The molecule has 1 aromatic rings. The van der Waals surface area contributed by atoms with Crippen LogP contribution in [0.4, 0.5) is 5.82 Å². The number of hydrogen-bond acceptors (Lipinski definition) is 4. The van der Waals surface area contributed by atoms with Gasteiger partial charge in [-0.3, -0.25) is 4.79 Å². The molecule has 1 aliphatic rings. The Morgan fingerprint density at radius 3 is 3.13 bits per heavy atom. The van der Waals surface area contributed by atoms with Crippen LogP contribution >= 0.6 is 0 Å². The fourth-order valence-corrected chi connectivity index (χ4v) is 1.69. The molecule has 5 heteroatoms. The predicted octanol–water partition coefficient (Wildman–Crippen LogP) is 0.370. The van der Waals surface area contributed by atoms with Crippen LogP contribution in [0.15, 0.2) is 17.2 Å². The van der Waals surface area contributed by atoms with Gasteiger partial charge in [-0.05, 0) is 13.3 Å². The minimum absolute atomic E-state index is 0.100. The van der Waals surface area contributed by atoms with Gasteiger partial charge in [-0.25, -0.2) is 4.98 Å². The highest BCUT2D eigenvalue weighted by Gasteiger charge is 2.24. The highest BCUT2D eigenvalue weighted by atomic mass is 16.5. The van der Waals surface area contributed by atoms with Crippen LogP contribution in [-0.2, 0) is 11.8 Å². The maximum atomic E-state index is 11.7. The predicted molar refractivity (Wildman–Crippen MR) is 56.9 cm³/mol. The van der Waals surface area contributed by atoms with Crippen LogP contribution in [0.1, 0.15) is 13.3 Å². The highest BCUT2D eigenvalue weighted by molar-refractivity contribution is 5.32. The van der Waals surface area contributed by atoms with Gasteiger partial charge in [0.05, 0.1) is 12.1 Å². The van der Waals surface area contributed by atoms with Crippen LogP contribution in [0.5, 0.6) is 0 Å². The van der Waals surface area contributed by atoms with Crippen molar-refractivity contribution in [1.29, 1.82) is 0 Å². The van der Waals surface area contributed by atoms with Gasteiger partial charge in [0.2, 0.25) is 0 Å². The Hall–Kier alpha value is -1.36. The average molecular weight is 209 g/mol. The fraction of sp³-hybridized carbons (Fsp3) is 0.600. The van der Waals surface area contributed by atoms with Gasteiger partial charge in [0.25, 0.3) is 5.56 Å². The Labute approximate surface area is 88.1 Å². The van der Waals surface area contributed by atoms with Crippen LogP contribution in [0, 0.1) is 0 Å². The topological polar surface area (TPSA) is 56.1 Å². The lowest BCUT2D eigenvalue weighted by molar-refractivity contribution is 0.121. The summed E-state index contributed by atoms with van der Waals surface area (Å²) in [5.41, 5.74) is -0.100. The van der Waals surface area contributed by atoms with Crippen LogP contribution in [0.2, 0.25) is 0 Å².